The Morgan fingerprint density at radius 1 is 1.36 bits per heavy atom. The van der Waals surface area contributed by atoms with Crippen LogP contribution in [0.25, 0.3) is 0 Å². The Labute approximate surface area is 79.7 Å². The van der Waals surface area contributed by atoms with Crippen molar-refractivity contribution in [3.05, 3.63) is 0 Å². The van der Waals surface area contributed by atoms with E-state index in [1.807, 2.05) is 0 Å². The first kappa shape index (κ1) is 10.6. The normalized spacial score (nSPS) is 43.1. The standard InChI is InChI=1S/C11H17O2.Rf/c1-10(2)8-4-5-11(10,3)9(6-8)13-7-12;/h8-9H,4-6H2,1-3H3;/q-1;. The largest absolute Gasteiger partial charge is 0.650 e. The fourth-order valence-corrected chi connectivity index (χ4v) is 3.37. The van der Waals surface area contributed by atoms with Crippen LogP contribution in [0.1, 0.15) is 40.0 Å². The van der Waals surface area contributed by atoms with Crippen LogP contribution in [-0.4, -0.2) is 12.6 Å². The van der Waals surface area contributed by atoms with Gasteiger partial charge in [-0.3, -0.25) is 0 Å². The molecule has 0 aromatic heterocycles. The van der Waals surface area contributed by atoms with Gasteiger partial charge in [-0.1, -0.05) is 27.2 Å². The summed E-state index contributed by atoms with van der Waals surface area (Å²) in [6.07, 6.45) is 3.64. The van der Waals surface area contributed by atoms with Crippen LogP contribution in [0.4, 0.5) is 0 Å². The van der Waals surface area contributed by atoms with E-state index < -0.39 is 0 Å². The zero-order valence-corrected chi connectivity index (χ0v) is 15.7. The number of ether oxygens (including phenoxy) is 1. The monoisotopic (exact) mass is 448 g/mol. The summed E-state index contributed by atoms with van der Waals surface area (Å²) in [5, 5.41) is 0. The Bertz CT molecular complexity index is 239. The van der Waals surface area contributed by atoms with Crippen LogP contribution in [0.2, 0.25) is 0 Å². The van der Waals surface area contributed by atoms with Crippen LogP contribution >= 0.6 is 0 Å². The maximum absolute atomic E-state index is 10.2. The molecule has 2 rings (SSSR count). The van der Waals surface area contributed by atoms with Gasteiger partial charge in [0.25, 0.3) is 0 Å². The smallest absolute Gasteiger partial charge is 0.0659 e. The van der Waals surface area contributed by atoms with Crippen molar-refractivity contribution < 1.29 is 9.53 Å². The van der Waals surface area contributed by atoms with Crippen molar-refractivity contribution in [2.45, 2.75) is 46.1 Å². The fraction of sp³-hybridized carbons (Fsp3) is 0.909. The SMILES string of the molecule is CC1(C)C2CCC1(C)C(O[C-]=O)C2.[Rf]. The van der Waals surface area contributed by atoms with Gasteiger partial charge in [0, 0.05) is 5.41 Å². The Balaban J connectivity index is 0.000000980. The fourth-order valence-electron chi connectivity index (χ4n) is 3.37. The molecule has 0 aromatic carbocycles. The van der Waals surface area contributed by atoms with Crippen LogP contribution in [0.3, 0.4) is 0 Å². The molecule has 0 aromatic rings. The third-order valence-electron chi connectivity index (χ3n) is 4.90. The molecule has 14 heavy (non-hydrogen) atoms. The zero-order valence-electron chi connectivity index (χ0n) is 9.30. The van der Waals surface area contributed by atoms with Gasteiger partial charge in [-0.05, 0) is 30.6 Å². The predicted molar refractivity (Wildman–Crippen MR) is 49.8 cm³/mol. The van der Waals surface area contributed by atoms with Gasteiger partial charge < -0.3 is 9.53 Å². The predicted octanol–water partition coefficient (Wildman–Crippen LogP) is 2.29. The first-order valence-corrected chi connectivity index (χ1v) is 5.05. The first-order valence-electron chi connectivity index (χ1n) is 5.05. The van der Waals surface area contributed by atoms with Gasteiger partial charge in [0.15, 0.2) is 0 Å². The van der Waals surface area contributed by atoms with Crippen molar-refractivity contribution in [1.82, 2.24) is 0 Å². The molecule has 0 aliphatic heterocycles. The number of hydrogen-bond acceptors (Lipinski definition) is 2. The summed E-state index contributed by atoms with van der Waals surface area (Å²) in [4.78, 5) is 10.2. The second kappa shape index (κ2) is 2.73. The molecule has 0 radical (unpaired) electrons. The first-order chi connectivity index (χ1) is 6.02. The Kier molecular flexibility index (Phi) is 2.06. The summed E-state index contributed by atoms with van der Waals surface area (Å²) in [5.74, 6) is 0.732. The third-order valence-corrected chi connectivity index (χ3v) is 4.90. The molecule has 76 valence electrons. The number of fused-ring (bicyclic) bond motifs is 2. The van der Waals surface area contributed by atoms with Crippen molar-refractivity contribution in [2.75, 3.05) is 0 Å². The molecule has 2 nitrogen and oxygen atoms in total. The molecule has 3 heteroatoms. The van der Waals surface area contributed by atoms with Crippen molar-refractivity contribution >= 4 is 6.47 Å². The molecule has 0 N–H and O–H groups in total. The van der Waals surface area contributed by atoms with Crippen molar-refractivity contribution in [3.8, 4) is 0 Å². The topological polar surface area (TPSA) is 26.3 Å². The van der Waals surface area contributed by atoms with Crippen molar-refractivity contribution in [3.63, 3.8) is 0 Å². The quantitative estimate of drug-likeness (QED) is 0.607. The minimum atomic E-state index is 0. The summed E-state index contributed by atoms with van der Waals surface area (Å²) < 4.78 is 5.07. The minimum Gasteiger partial charge on any atom is -0.650 e. The molecule has 3 atom stereocenters. The minimum absolute atomic E-state index is 0. The van der Waals surface area contributed by atoms with Crippen LogP contribution in [-0.2, 0) is 9.53 Å². The second-order valence-electron chi connectivity index (χ2n) is 5.30. The molecule has 0 amide bonds. The third kappa shape index (κ3) is 0.891. The molecule has 2 aliphatic carbocycles. The molecule has 0 heterocycles. The van der Waals surface area contributed by atoms with Gasteiger partial charge in [-0.25, -0.2) is 0 Å². The zero-order chi connectivity index (χ0) is 9.69. The van der Waals surface area contributed by atoms with Crippen molar-refractivity contribution in [1.29, 1.82) is 0 Å². The van der Waals surface area contributed by atoms with Crippen molar-refractivity contribution in [2.24, 2.45) is 16.7 Å². The van der Waals surface area contributed by atoms with E-state index in [-0.39, 0.29) is 11.5 Å². The Hall–Kier alpha value is -1.53. The number of rotatable bonds is 2. The van der Waals surface area contributed by atoms with E-state index in [1.54, 1.807) is 6.47 Å². The molecular weight excluding hydrogens is 431 g/mol. The van der Waals surface area contributed by atoms with E-state index in [4.69, 9.17) is 4.74 Å². The van der Waals surface area contributed by atoms with Gasteiger partial charge >= 0.3 is 0 Å². The number of hydrogen-bond donors (Lipinski definition) is 0. The molecule has 2 bridgehead atoms. The van der Waals surface area contributed by atoms with Crippen LogP contribution in [0.5, 0.6) is 0 Å². The Morgan fingerprint density at radius 2 is 2.00 bits per heavy atom. The molecular formula is C11H17O2Rf-. The molecule has 0 spiro atoms. The molecule has 3 unspecified atom stereocenters. The van der Waals surface area contributed by atoms with E-state index in [0.29, 0.717) is 5.41 Å². The molecule has 2 fully saturated rings. The summed E-state index contributed by atoms with van der Waals surface area (Å²) in [5.41, 5.74) is 0.517. The van der Waals surface area contributed by atoms with E-state index >= 15 is 0 Å². The average Bonchev–Trinajstić information content (AvgIpc) is 2.37. The summed E-state index contributed by atoms with van der Waals surface area (Å²) in [6, 6.07) is 0. The molecule has 0 saturated heterocycles. The van der Waals surface area contributed by atoms with Crippen LogP contribution in [0.15, 0.2) is 0 Å². The summed E-state index contributed by atoms with van der Waals surface area (Å²) in [6.45, 7) is 8.47. The van der Waals surface area contributed by atoms with E-state index in [1.165, 1.54) is 12.8 Å². The summed E-state index contributed by atoms with van der Waals surface area (Å²) >= 11 is 0. The maximum Gasteiger partial charge on any atom is 0.0659 e. The Morgan fingerprint density at radius 3 is 2.36 bits per heavy atom. The van der Waals surface area contributed by atoms with E-state index in [9.17, 15) is 4.79 Å². The van der Waals surface area contributed by atoms with E-state index in [0.717, 1.165) is 12.3 Å². The van der Waals surface area contributed by atoms with Gasteiger partial charge in [0.2, 0.25) is 0 Å². The van der Waals surface area contributed by atoms with Crippen LogP contribution in [0, 0.1) is 16.7 Å². The van der Waals surface area contributed by atoms with Gasteiger partial charge in [0.1, 0.15) is 0 Å². The van der Waals surface area contributed by atoms with Crippen LogP contribution < -0.4 is 0 Å². The van der Waals surface area contributed by atoms with Gasteiger partial charge in [-0.15, -0.1) is 0 Å². The maximum atomic E-state index is 10.2. The second-order valence-corrected chi connectivity index (χ2v) is 5.30. The van der Waals surface area contributed by atoms with E-state index in [2.05, 4.69) is 20.8 Å². The molecule has 2 saturated carbocycles. The summed E-state index contributed by atoms with van der Waals surface area (Å²) in [7, 11) is 0. The van der Waals surface area contributed by atoms with Gasteiger partial charge in [0.05, 0.1) is 6.10 Å². The average molecular weight is 448 g/mol. The number of carbonyl (C=O) groups excluding carboxylic acids is 1. The molecule has 2 aliphatic rings. The van der Waals surface area contributed by atoms with Gasteiger partial charge in [-0.2, -0.15) is 0 Å².